The van der Waals surface area contributed by atoms with Gasteiger partial charge in [-0.15, -0.1) is 0 Å². The molecular weight excluding hydrogens is 533 g/mol. The molecule has 0 spiro atoms. The van der Waals surface area contributed by atoms with E-state index in [4.69, 9.17) is 34.8 Å². The van der Waals surface area contributed by atoms with E-state index in [0.717, 1.165) is 36.2 Å². The molecule has 1 aliphatic carbocycles. The van der Waals surface area contributed by atoms with Gasteiger partial charge in [0, 0.05) is 33.2 Å². The van der Waals surface area contributed by atoms with E-state index in [2.05, 4.69) is 5.32 Å². The maximum atomic E-state index is 13.6. The van der Waals surface area contributed by atoms with Gasteiger partial charge in [-0.05, 0) is 50.1 Å². The Bertz CT molecular complexity index is 1170. The Morgan fingerprint density at radius 1 is 1.06 bits per heavy atom. The summed E-state index contributed by atoms with van der Waals surface area (Å²) in [6.45, 7) is 1.02. The second kappa shape index (κ2) is 11.8. The van der Waals surface area contributed by atoms with Crippen LogP contribution in [-0.4, -0.2) is 50.0 Å². The van der Waals surface area contributed by atoms with Crippen LogP contribution in [0.5, 0.6) is 0 Å². The number of halogens is 3. The highest BCUT2D eigenvalue weighted by molar-refractivity contribution is 7.92. The number of nitrogens with one attached hydrogen (secondary N) is 1. The fourth-order valence-corrected chi connectivity index (χ4v) is 5.62. The van der Waals surface area contributed by atoms with Crippen LogP contribution >= 0.6 is 34.8 Å². The van der Waals surface area contributed by atoms with Crippen molar-refractivity contribution >= 4 is 62.3 Å². The largest absolute Gasteiger partial charge is 0.352 e. The fraction of sp³-hybridized carbons (Fsp3) is 0.417. The Morgan fingerprint density at radius 3 is 2.23 bits per heavy atom. The number of hydrogen-bond donors (Lipinski definition) is 1. The number of benzene rings is 2. The van der Waals surface area contributed by atoms with Crippen LogP contribution in [0.2, 0.25) is 15.1 Å². The van der Waals surface area contributed by atoms with E-state index in [1.807, 2.05) is 0 Å². The molecule has 35 heavy (non-hydrogen) atoms. The van der Waals surface area contributed by atoms with Crippen molar-refractivity contribution in [3.05, 3.63) is 63.1 Å². The van der Waals surface area contributed by atoms with E-state index in [0.29, 0.717) is 20.6 Å². The van der Waals surface area contributed by atoms with Crippen molar-refractivity contribution in [2.24, 2.45) is 0 Å². The fourth-order valence-electron chi connectivity index (χ4n) is 4.07. The second-order valence-electron chi connectivity index (χ2n) is 8.64. The monoisotopic (exact) mass is 559 g/mol. The zero-order chi connectivity index (χ0) is 25.8. The SMILES string of the molecule is CC(C(=O)NC1CCCC1)N(Cc1c(Cl)cccc1Cl)C(=O)CN(c1cccc(Cl)c1)S(C)(=O)=O. The van der Waals surface area contributed by atoms with Gasteiger partial charge in [-0.2, -0.15) is 0 Å². The molecule has 1 atom stereocenters. The van der Waals surface area contributed by atoms with Gasteiger partial charge >= 0.3 is 0 Å². The first-order chi connectivity index (χ1) is 16.5. The minimum absolute atomic E-state index is 0.0600. The van der Waals surface area contributed by atoms with E-state index in [9.17, 15) is 18.0 Å². The number of carbonyl (C=O) groups excluding carboxylic acids is 2. The van der Waals surface area contributed by atoms with Gasteiger partial charge in [0.25, 0.3) is 0 Å². The van der Waals surface area contributed by atoms with Gasteiger partial charge in [0.05, 0.1) is 11.9 Å². The number of hydrogen-bond acceptors (Lipinski definition) is 4. The highest BCUT2D eigenvalue weighted by Crippen LogP contribution is 2.28. The standard InChI is InChI=1S/C24H28Cl3N3O4S/c1-16(24(32)28-18-8-3-4-9-18)29(14-20-21(26)11-6-12-22(20)27)23(31)15-30(35(2,33)34)19-10-5-7-17(25)13-19/h5-7,10-13,16,18H,3-4,8-9,14-15H2,1-2H3,(H,28,32). The number of rotatable bonds is 9. The molecule has 2 aromatic rings. The molecule has 0 saturated heterocycles. The van der Waals surface area contributed by atoms with Crippen LogP contribution in [-0.2, 0) is 26.2 Å². The molecule has 0 aliphatic heterocycles. The summed E-state index contributed by atoms with van der Waals surface area (Å²) in [6, 6.07) is 10.3. The Labute approximate surface area is 221 Å². The molecule has 1 aliphatic rings. The van der Waals surface area contributed by atoms with Gasteiger partial charge in [0.2, 0.25) is 21.8 Å². The number of nitrogens with zero attached hydrogens (tertiary/aromatic N) is 2. The summed E-state index contributed by atoms with van der Waals surface area (Å²) >= 11 is 18.7. The predicted octanol–water partition coefficient (Wildman–Crippen LogP) is 4.89. The van der Waals surface area contributed by atoms with E-state index in [1.54, 1.807) is 43.3 Å². The molecule has 1 fully saturated rings. The quantitative estimate of drug-likeness (QED) is 0.473. The summed E-state index contributed by atoms with van der Waals surface area (Å²) in [4.78, 5) is 28.0. The minimum Gasteiger partial charge on any atom is -0.352 e. The van der Waals surface area contributed by atoms with Crippen LogP contribution in [0.25, 0.3) is 0 Å². The lowest BCUT2D eigenvalue weighted by molar-refractivity contribution is -0.139. The molecule has 0 bridgehead atoms. The molecule has 0 aromatic heterocycles. The lowest BCUT2D eigenvalue weighted by Gasteiger charge is -2.32. The Balaban J connectivity index is 1.92. The molecule has 190 valence electrons. The van der Waals surface area contributed by atoms with Crippen LogP contribution in [0.4, 0.5) is 5.69 Å². The molecule has 7 nitrogen and oxygen atoms in total. The van der Waals surface area contributed by atoms with E-state index in [1.165, 1.54) is 11.0 Å². The topological polar surface area (TPSA) is 86.8 Å². The zero-order valence-electron chi connectivity index (χ0n) is 19.5. The number of amides is 2. The van der Waals surface area contributed by atoms with Crippen LogP contribution < -0.4 is 9.62 Å². The Kier molecular flexibility index (Phi) is 9.32. The first-order valence-electron chi connectivity index (χ1n) is 11.2. The van der Waals surface area contributed by atoms with Crippen LogP contribution in [0, 0.1) is 0 Å². The van der Waals surface area contributed by atoms with Gasteiger partial charge in [0.15, 0.2) is 0 Å². The first-order valence-corrected chi connectivity index (χ1v) is 14.2. The first kappa shape index (κ1) is 27.6. The minimum atomic E-state index is -3.84. The van der Waals surface area contributed by atoms with Crippen molar-refractivity contribution in [1.82, 2.24) is 10.2 Å². The van der Waals surface area contributed by atoms with Crippen LogP contribution in [0.1, 0.15) is 38.2 Å². The van der Waals surface area contributed by atoms with Crippen molar-refractivity contribution in [3.63, 3.8) is 0 Å². The summed E-state index contributed by atoms with van der Waals surface area (Å²) in [7, 11) is -3.84. The molecular formula is C24H28Cl3N3O4S. The van der Waals surface area contributed by atoms with Gasteiger partial charge in [-0.1, -0.05) is 59.8 Å². The lowest BCUT2D eigenvalue weighted by Crippen LogP contribution is -2.52. The van der Waals surface area contributed by atoms with E-state index in [-0.39, 0.29) is 24.2 Å². The summed E-state index contributed by atoms with van der Waals surface area (Å²) in [5.74, 6) is -0.900. The van der Waals surface area contributed by atoms with Gasteiger partial charge in [0.1, 0.15) is 12.6 Å². The van der Waals surface area contributed by atoms with Crippen molar-refractivity contribution in [3.8, 4) is 0 Å². The molecule has 1 N–H and O–H groups in total. The summed E-state index contributed by atoms with van der Waals surface area (Å²) < 4.78 is 26.1. The lowest BCUT2D eigenvalue weighted by atomic mass is 10.1. The molecule has 0 heterocycles. The highest BCUT2D eigenvalue weighted by atomic mass is 35.5. The maximum absolute atomic E-state index is 13.6. The molecule has 1 saturated carbocycles. The van der Waals surface area contributed by atoms with Crippen molar-refractivity contribution in [2.45, 2.75) is 51.2 Å². The summed E-state index contributed by atoms with van der Waals surface area (Å²) in [6.07, 6.45) is 4.87. The highest BCUT2D eigenvalue weighted by Gasteiger charge is 2.32. The summed E-state index contributed by atoms with van der Waals surface area (Å²) in [5, 5.41) is 4.01. The third kappa shape index (κ3) is 7.26. The van der Waals surface area contributed by atoms with Gasteiger partial charge < -0.3 is 10.2 Å². The predicted molar refractivity (Wildman–Crippen MR) is 141 cm³/mol. The normalized spacial score (nSPS) is 15.0. The molecule has 3 rings (SSSR count). The van der Waals surface area contributed by atoms with Gasteiger partial charge in [-0.25, -0.2) is 8.42 Å². The van der Waals surface area contributed by atoms with E-state index >= 15 is 0 Å². The maximum Gasteiger partial charge on any atom is 0.244 e. The van der Waals surface area contributed by atoms with Crippen molar-refractivity contribution < 1.29 is 18.0 Å². The third-order valence-corrected chi connectivity index (χ3v) is 8.12. The average Bonchev–Trinajstić information content (AvgIpc) is 3.29. The zero-order valence-corrected chi connectivity index (χ0v) is 22.6. The van der Waals surface area contributed by atoms with Crippen molar-refractivity contribution in [1.29, 1.82) is 0 Å². The molecule has 0 radical (unpaired) electrons. The van der Waals surface area contributed by atoms with Crippen LogP contribution in [0.3, 0.4) is 0 Å². The number of sulfonamides is 1. The molecule has 2 aromatic carbocycles. The second-order valence-corrected chi connectivity index (χ2v) is 11.8. The number of anilines is 1. The Morgan fingerprint density at radius 2 is 1.66 bits per heavy atom. The van der Waals surface area contributed by atoms with E-state index < -0.39 is 28.5 Å². The number of carbonyl (C=O) groups is 2. The third-order valence-electron chi connectivity index (χ3n) is 6.03. The summed E-state index contributed by atoms with van der Waals surface area (Å²) in [5.41, 5.74) is 0.713. The average molecular weight is 561 g/mol. The van der Waals surface area contributed by atoms with Gasteiger partial charge in [-0.3, -0.25) is 13.9 Å². The smallest absolute Gasteiger partial charge is 0.244 e. The molecule has 1 unspecified atom stereocenters. The molecule has 11 heteroatoms. The van der Waals surface area contributed by atoms with Crippen molar-refractivity contribution in [2.75, 3.05) is 17.1 Å². The van der Waals surface area contributed by atoms with Crippen LogP contribution in [0.15, 0.2) is 42.5 Å². The molecule has 2 amide bonds. The Hall–Kier alpha value is -2.00.